The number of hydrogen-bond acceptors (Lipinski definition) is 6. The molecule has 0 spiro atoms. The van der Waals surface area contributed by atoms with Crippen molar-refractivity contribution in [2.45, 2.75) is 17.2 Å². The molecule has 2 aromatic heterocycles. The van der Waals surface area contributed by atoms with Gasteiger partial charge in [-0.2, -0.15) is 0 Å². The number of thiophene rings is 1. The predicted molar refractivity (Wildman–Crippen MR) is 71.2 cm³/mol. The van der Waals surface area contributed by atoms with Crippen molar-refractivity contribution in [1.82, 2.24) is 9.71 Å². The molecule has 0 aliphatic heterocycles. The Morgan fingerprint density at radius 1 is 1.39 bits per heavy atom. The molecule has 0 aliphatic rings. The summed E-state index contributed by atoms with van der Waals surface area (Å²) >= 11 is 2.56. The highest BCUT2D eigenvalue weighted by Gasteiger charge is 2.16. The number of aromatic nitrogens is 1. The second-order valence-electron chi connectivity index (χ2n) is 3.51. The first-order valence-electron chi connectivity index (χ1n) is 5.18. The highest BCUT2D eigenvalue weighted by atomic mass is 32.2. The van der Waals surface area contributed by atoms with Crippen molar-refractivity contribution < 1.29 is 13.5 Å². The van der Waals surface area contributed by atoms with Crippen LogP contribution in [-0.4, -0.2) is 25.1 Å². The van der Waals surface area contributed by atoms with Crippen molar-refractivity contribution in [3.8, 4) is 0 Å². The van der Waals surface area contributed by atoms with Crippen molar-refractivity contribution in [3.05, 3.63) is 33.6 Å². The lowest BCUT2D eigenvalue weighted by molar-refractivity contribution is 0.285. The van der Waals surface area contributed by atoms with E-state index in [1.165, 1.54) is 17.4 Å². The van der Waals surface area contributed by atoms with E-state index in [-0.39, 0.29) is 10.8 Å². The van der Waals surface area contributed by atoms with Gasteiger partial charge in [-0.3, -0.25) is 0 Å². The summed E-state index contributed by atoms with van der Waals surface area (Å²) in [6.45, 7) is 0.178. The molecule has 0 aliphatic carbocycles. The van der Waals surface area contributed by atoms with Crippen LogP contribution < -0.4 is 4.72 Å². The van der Waals surface area contributed by atoms with Gasteiger partial charge in [-0.1, -0.05) is 0 Å². The number of aliphatic hydroxyl groups excluding tert-OH is 1. The largest absolute Gasteiger partial charge is 0.391 e. The number of nitrogens with one attached hydrogen (secondary N) is 1. The van der Waals surface area contributed by atoms with Gasteiger partial charge >= 0.3 is 0 Å². The molecule has 8 heteroatoms. The van der Waals surface area contributed by atoms with E-state index in [9.17, 15) is 8.42 Å². The maximum atomic E-state index is 11.9. The summed E-state index contributed by atoms with van der Waals surface area (Å²) in [7, 11) is -3.47. The fourth-order valence-corrected chi connectivity index (χ4v) is 4.22. The molecule has 2 aromatic rings. The normalized spacial score (nSPS) is 11.8. The average Bonchev–Trinajstić information content (AvgIpc) is 2.99. The second-order valence-corrected chi connectivity index (χ2v) is 7.39. The standard InChI is InChI=1S/C10H12N2O3S3/c13-5-9-1-2-10(17-9)18(14,15)12-4-3-8-6-16-7-11-8/h1-2,6-7,12-13H,3-5H2. The van der Waals surface area contributed by atoms with Gasteiger partial charge < -0.3 is 5.11 Å². The molecule has 0 saturated heterocycles. The van der Waals surface area contributed by atoms with Crippen LogP contribution in [0.2, 0.25) is 0 Å². The van der Waals surface area contributed by atoms with Gasteiger partial charge in [-0.25, -0.2) is 18.1 Å². The predicted octanol–water partition coefficient (Wildman–Crippen LogP) is 1.22. The molecular weight excluding hydrogens is 292 g/mol. The Balaban J connectivity index is 1.95. The highest BCUT2D eigenvalue weighted by molar-refractivity contribution is 7.91. The van der Waals surface area contributed by atoms with E-state index >= 15 is 0 Å². The van der Waals surface area contributed by atoms with Gasteiger partial charge in [-0.15, -0.1) is 22.7 Å². The topological polar surface area (TPSA) is 79.3 Å². The summed E-state index contributed by atoms with van der Waals surface area (Å²) in [5.74, 6) is 0. The van der Waals surface area contributed by atoms with Crippen molar-refractivity contribution >= 4 is 32.7 Å². The van der Waals surface area contributed by atoms with Crippen LogP contribution in [0, 0.1) is 0 Å². The van der Waals surface area contributed by atoms with Gasteiger partial charge in [0.2, 0.25) is 10.0 Å². The van der Waals surface area contributed by atoms with Crippen molar-refractivity contribution in [2.24, 2.45) is 0 Å². The molecule has 5 nitrogen and oxygen atoms in total. The molecule has 0 aromatic carbocycles. The van der Waals surface area contributed by atoms with Gasteiger partial charge in [0.25, 0.3) is 0 Å². The van der Waals surface area contributed by atoms with Crippen molar-refractivity contribution in [2.75, 3.05) is 6.54 Å². The van der Waals surface area contributed by atoms with Crippen LogP contribution >= 0.6 is 22.7 Å². The van der Waals surface area contributed by atoms with Crippen LogP contribution in [0.1, 0.15) is 10.6 Å². The molecule has 2 N–H and O–H groups in total. The summed E-state index contributed by atoms with van der Waals surface area (Å²) in [6.07, 6.45) is 0.570. The molecule has 98 valence electrons. The molecule has 0 saturated carbocycles. The van der Waals surface area contributed by atoms with E-state index in [0.29, 0.717) is 17.8 Å². The number of rotatable bonds is 6. The lowest BCUT2D eigenvalue weighted by Gasteiger charge is -2.03. The molecule has 0 fully saturated rings. The Hall–Kier alpha value is -0.800. The summed E-state index contributed by atoms with van der Waals surface area (Å²) in [4.78, 5) is 4.71. The second kappa shape index (κ2) is 5.89. The first-order valence-corrected chi connectivity index (χ1v) is 8.42. The van der Waals surface area contributed by atoms with E-state index in [4.69, 9.17) is 5.11 Å². The smallest absolute Gasteiger partial charge is 0.250 e. The molecule has 0 atom stereocenters. The number of hydrogen-bond donors (Lipinski definition) is 2. The number of nitrogens with zero attached hydrogens (tertiary/aromatic N) is 1. The van der Waals surface area contributed by atoms with Crippen LogP contribution in [0.15, 0.2) is 27.2 Å². The van der Waals surface area contributed by atoms with Crippen LogP contribution in [-0.2, 0) is 23.1 Å². The van der Waals surface area contributed by atoms with Crippen molar-refractivity contribution in [1.29, 1.82) is 0 Å². The van der Waals surface area contributed by atoms with E-state index in [1.54, 1.807) is 11.6 Å². The summed E-state index contributed by atoms with van der Waals surface area (Å²) in [5, 5.41) is 10.8. The number of thiazole rings is 1. The molecule has 0 amide bonds. The first-order chi connectivity index (χ1) is 8.62. The summed E-state index contributed by atoms with van der Waals surface area (Å²) < 4.78 is 26.5. The van der Waals surface area contributed by atoms with E-state index < -0.39 is 10.0 Å². The average molecular weight is 304 g/mol. The minimum absolute atomic E-state index is 0.140. The maximum Gasteiger partial charge on any atom is 0.250 e. The first kappa shape index (κ1) is 13.6. The van der Waals surface area contributed by atoms with Gasteiger partial charge in [0.15, 0.2) is 0 Å². The molecule has 2 heterocycles. The zero-order chi connectivity index (χ0) is 13.0. The number of aliphatic hydroxyl groups is 1. The van der Waals surface area contributed by atoms with Crippen LogP contribution in [0.25, 0.3) is 0 Å². The van der Waals surface area contributed by atoms with E-state index in [2.05, 4.69) is 9.71 Å². The SMILES string of the molecule is O=S(=O)(NCCc1cscn1)c1ccc(CO)s1. The number of sulfonamides is 1. The van der Waals surface area contributed by atoms with Crippen LogP contribution in [0.4, 0.5) is 0 Å². The fraction of sp³-hybridized carbons (Fsp3) is 0.300. The Morgan fingerprint density at radius 2 is 2.22 bits per heavy atom. The minimum atomic E-state index is -3.47. The van der Waals surface area contributed by atoms with Crippen LogP contribution in [0.3, 0.4) is 0 Å². The Labute approximate surface area is 113 Å². The third-order valence-electron chi connectivity index (χ3n) is 2.21. The Morgan fingerprint density at radius 3 is 2.83 bits per heavy atom. The minimum Gasteiger partial charge on any atom is -0.391 e. The molecule has 18 heavy (non-hydrogen) atoms. The van der Waals surface area contributed by atoms with Crippen molar-refractivity contribution in [3.63, 3.8) is 0 Å². The summed E-state index contributed by atoms with van der Waals surface area (Å²) in [5.41, 5.74) is 2.60. The Bertz CT molecular complexity index is 590. The molecule has 0 unspecified atom stereocenters. The lowest BCUT2D eigenvalue weighted by atomic mass is 10.3. The summed E-state index contributed by atoms with van der Waals surface area (Å²) in [6, 6.07) is 3.11. The van der Waals surface area contributed by atoms with Crippen LogP contribution in [0.5, 0.6) is 0 Å². The van der Waals surface area contributed by atoms with Gasteiger partial charge in [0.1, 0.15) is 4.21 Å². The lowest BCUT2D eigenvalue weighted by Crippen LogP contribution is -2.25. The zero-order valence-corrected chi connectivity index (χ0v) is 11.8. The fourth-order valence-electron chi connectivity index (χ4n) is 1.33. The third kappa shape index (κ3) is 3.36. The molecule has 2 rings (SSSR count). The van der Waals surface area contributed by atoms with Gasteiger partial charge in [0.05, 0.1) is 17.8 Å². The zero-order valence-electron chi connectivity index (χ0n) is 9.37. The molecule has 0 bridgehead atoms. The molecular formula is C10H12N2O3S3. The maximum absolute atomic E-state index is 11.9. The monoisotopic (exact) mass is 304 g/mol. The highest BCUT2D eigenvalue weighted by Crippen LogP contribution is 2.21. The third-order valence-corrected chi connectivity index (χ3v) is 5.87. The van der Waals surface area contributed by atoms with Gasteiger partial charge in [0, 0.05) is 23.2 Å². The Kier molecular flexibility index (Phi) is 4.46. The molecule has 0 radical (unpaired) electrons. The van der Waals surface area contributed by atoms with Gasteiger partial charge in [-0.05, 0) is 12.1 Å². The van der Waals surface area contributed by atoms with E-state index in [0.717, 1.165) is 17.0 Å². The quantitative estimate of drug-likeness (QED) is 0.841. The van der Waals surface area contributed by atoms with E-state index in [1.807, 2.05) is 5.38 Å².